The second kappa shape index (κ2) is 6.78. The van der Waals surface area contributed by atoms with E-state index in [1.165, 1.54) is 0 Å². The highest BCUT2D eigenvalue weighted by atomic mass is 32.1. The highest BCUT2D eigenvalue weighted by Crippen LogP contribution is 2.44. The number of rotatable bonds is 5. The van der Waals surface area contributed by atoms with Crippen molar-refractivity contribution in [3.05, 3.63) is 52.9 Å². The molecule has 3 aromatic rings. The van der Waals surface area contributed by atoms with Gasteiger partial charge in [0.25, 0.3) is 0 Å². The highest BCUT2D eigenvalue weighted by molar-refractivity contribution is 7.14. The number of benzene rings is 2. The fraction of sp³-hybridized carbons (Fsp3) is 0.286. The van der Waals surface area contributed by atoms with Gasteiger partial charge in [-0.25, -0.2) is 4.98 Å². The first-order chi connectivity index (χ1) is 12.9. The van der Waals surface area contributed by atoms with Crippen LogP contribution in [0.5, 0.6) is 17.2 Å². The summed E-state index contributed by atoms with van der Waals surface area (Å²) in [5.41, 5.74) is 3.67. The molecule has 0 radical (unpaired) electrons. The van der Waals surface area contributed by atoms with Gasteiger partial charge in [-0.15, -0.1) is 11.3 Å². The minimum atomic E-state index is -0.222. The smallest absolute Gasteiger partial charge is 0.183 e. The third-order valence-electron chi connectivity index (χ3n) is 4.57. The van der Waals surface area contributed by atoms with E-state index in [1.807, 2.05) is 29.6 Å². The molecular weight excluding hydrogens is 360 g/mol. The first kappa shape index (κ1) is 17.7. The fourth-order valence-electron chi connectivity index (χ4n) is 3.30. The monoisotopic (exact) mass is 382 g/mol. The van der Waals surface area contributed by atoms with E-state index in [0.717, 1.165) is 45.4 Å². The van der Waals surface area contributed by atoms with Crippen molar-refractivity contribution in [2.45, 2.75) is 32.4 Å². The summed E-state index contributed by atoms with van der Waals surface area (Å²) >= 11 is 1.54. The van der Waals surface area contributed by atoms with E-state index >= 15 is 0 Å². The van der Waals surface area contributed by atoms with E-state index in [2.05, 4.69) is 25.2 Å². The number of thiazole rings is 1. The van der Waals surface area contributed by atoms with Crippen molar-refractivity contribution in [2.75, 3.05) is 12.4 Å². The Hall–Kier alpha value is -2.73. The third kappa shape index (κ3) is 3.57. The molecule has 0 atom stereocenters. The number of hydrogen-bond acceptors (Lipinski definition) is 6. The number of hydrogen-bond donors (Lipinski definition) is 2. The van der Waals surface area contributed by atoms with Crippen LogP contribution in [0.15, 0.2) is 41.8 Å². The molecule has 140 valence electrons. The van der Waals surface area contributed by atoms with Gasteiger partial charge in [-0.05, 0) is 32.0 Å². The zero-order valence-electron chi connectivity index (χ0n) is 15.6. The van der Waals surface area contributed by atoms with Gasteiger partial charge in [-0.3, -0.25) is 0 Å². The first-order valence-electron chi connectivity index (χ1n) is 8.82. The molecule has 1 aromatic heterocycles. The van der Waals surface area contributed by atoms with Crippen LogP contribution < -0.4 is 14.8 Å². The van der Waals surface area contributed by atoms with E-state index in [-0.39, 0.29) is 11.4 Å². The maximum atomic E-state index is 9.88. The molecule has 2 heterocycles. The molecule has 0 spiro atoms. The molecule has 4 rings (SSSR count). The molecule has 0 bridgehead atoms. The van der Waals surface area contributed by atoms with Gasteiger partial charge in [0.05, 0.1) is 12.8 Å². The molecule has 0 amide bonds. The molecule has 2 aromatic carbocycles. The lowest BCUT2D eigenvalue weighted by molar-refractivity contribution is 0.134. The van der Waals surface area contributed by atoms with E-state index in [9.17, 15) is 5.11 Å². The lowest BCUT2D eigenvalue weighted by atomic mass is 9.99. The van der Waals surface area contributed by atoms with Gasteiger partial charge in [0, 0.05) is 35.0 Å². The summed E-state index contributed by atoms with van der Waals surface area (Å²) in [7, 11) is 1.66. The molecule has 27 heavy (non-hydrogen) atoms. The minimum absolute atomic E-state index is 0.222. The Balaban J connectivity index is 1.56. The molecule has 0 unspecified atom stereocenters. The Morgan fingerprint density at radius 3 is 2.89 bits per heavy atom. The van der Waals surface area contributed by atoms with Crippen molar-refractivity contribution in [2.24, 2.45) is 0 Å². The summed E-state index contributed by atoms with van der Waals surface area (Å²) in [6, 6.07) is 11.4. The summed E-state index contributed by atoms with van der Waals surface area (Å²) in [6.45, 7) is 4.68. The number of phenols is 1. The van der Waals surface area contributed by atoms with Crippen LogP contribution in [-0.2, 0) is 13.0 Å². The van der Waals surface area contributed by atoms with Crippen LogP contribution in [0.4, 0.5) is 5.13 Å². The Kier molecular flexibility index (Phi) is 4.44. The first-order valence-corrected chi connectivity index (χ1v) is 9.70. The summed E-state index contributed by atoms with van der Waals surface area (Å²) in [5.74, 6) is 1.86. The van der Waals surface area contributed by atoms with Crippen LogP contribution in [-0.4, -0.2) is 22.8 Å². The van der Waals surface area contributed by atoms with Crippen molar-refractivity contribution in [3.8, 4) is 28.5 Å². The van der Waals surface area contributed by atoms with Crippen LogP contribution in [0.25, 0.3) is 11.3 Å². The van der Waals surface area contributed by atoms with Gasteiger partial charge in [0.2, 0.25) is 0 Å². The molecule has 0 aliphatic carbocycles. The van der Waals surface area contributed by atoms with E-state index in [4.69, 9.17) is 14.5 Å². The predicted molar refractivity (Wildman–Crippen MR) is 108 cm³/mol. The number of fused-ring (bicyclic) bond motifs is 1. The van der Waals surface area contributed by atoms with Gasteiger partial charge in [-0.2, -0.15) is 0 Å². The molecule has 1 aliphatic rings. The van der Waals surface area contributed by atoms with Crippen molar-refractivity contribution in [1.82, 2.24) is 4.98 Å². The SMILES string of the molecule is COc1cc(-c2csc(NCc3ccccc3O)n2)cc2c1OC(C)(C)C2. The molecule has 1 aliphatic heterocycles. The normalized spacial score (nSPS) is 14.5. The van der Waals surface area contributed by atoms with Crippen molar-refractivity contribution < 1.29 is 14.6 Å². The van der Waals surface area contributed by atoms with Gasteiger partial charge < -0.3 is 19.9 Å². The standard InChI is InChI=1S/C21H22N2O3S/c1-21(2)10-15-8-14(9-18(25-3)19(15)26-21)16-12-27-20(23-16)22-11-13-6-4-5-7-17(13)24/h4-9,12,24H,10-11H2,1-3H3,(H,22,23). The largest absolute Gasteiger partial charge is 0.508 e. The fourth-order valence-corrected chi connectivity index (χ4v) is 4.01. The predicted octanol–water partition coefficient (Wildman–Crippen LogP) is 4.85. The number of para-hydroxylation sites is 1. The maximum absolute atomic E-state index is 9.88. The van der Waals surface area contributed by atoms with E-state index < -0.39 is 0 Å². The Morgan fingerprint density at radius 1 is 1.30 bits per heavy atom. The molecule has 0 fully saturated rings. The zero-order chi connectivity index (χ0) is 19.0. The number of ether oxygens (including phenoxy) is 2. The Labute approximate surface area is 162 Å². The molecular formula is C21H22N2O3S. The van der Waals surface area contributed by atoms with Crippen molar-refractivity contribution in [1.29, 1.82) is 0 Å². The minimum Gasteiger partial charge on any atom is -0.508 e. The molecule has 0 saturated heterocycles. The van der Waals surface area contributed by atoms with Gasteiger partial charge in [0.1, 0.15) is 11.4 Å². The lowest BCUT2D eigenvalue weighted by Gasteiger charge is -2.17. The maximum Gasteiger partial charge on any atom is 0.183 e. The second-order valence-corrected chi connectivity index (χ2v) is 8.08. The number of phenolic OH excluding ortho intramolecular Hbond substituents is 1. The summed E-state index contributed by atoms with van der Waals surface area (Å²) in [4.78, 5) is 4.69. The van der Waals surface area contributed by atoms with Crippen LogP contribution in [0.3, 0.4) is 0 Å². The summed E-state index contributed by atoms with van der Waals surface area (Å²) in [6.07, 6.45) is 0.842. The van der Waals surface area contributed by atoms with E-state index in [1.54, 1.807) is 24.5 Å². The summed E-state index contributed by atoms with van der Waals surface area (Å²) in [5, 5.41) is 16.0. The highest BCUT2D eigenvalue weighted by Gasteiger charge is 2.33. The van der Waals surface area contributed by atoms with Crippen LogP contribution >= 0.6 is 11.3 Å². The molecule has 5 nitrogen and oxygen atoms in total. The molecule has 6 heteroatoms. The Morgan fingerprint density at radius 2 is 2.11 bits per heavy atom. The van der Waals surface area contributed by atoms with Crippen LogP contribution in [0, 0.1) is 0 Å². The molecule has 0 saturated carbocycles. The van der Waals surface area contributed by atoms with E-state index in [0.29, 0.717) is 6.54 Å². The van der Waals surface area contributed by atoms with Gasteiger partial charge in [-0.1, -0.05) is 18.2 Å². The average molecular weight is 382 g/mol. The number of aromatic hydroxyl groups is 1. The number of anilines is 1. The lowest BCUT2D eigenvalue weighted by Crippen LogP contribution is -2.24. The quantitative estimate of drug-likeness (QED) is 0.660. The van der Waals surface area contributed by atoms with Crippen LogP contribution in [0.2, 0.25) is 0 Å². The number of nitrogens with zero attached hydrogens (tertiary/aromatic N) is 1. The van der Waals surface area contributed by atoms with Crippen LogP contribution in [0.1, 0.15) is 25.0 Å². The average Bonchev–Trinajstić information content (AvgIpc) is 3.22. The molecule has 2 N–H and O–H groups in total. The number of aromatic nitrogens is 1. The summed E-state index contributed by atoms with van der Waals surface area (Å²) < 4.78 is 11.6. The van der Waals surface area contributed by atoms with Gasteiger partial charge >= 0.3 is 0 Å². The van der Waals surface area contributed by atoms with Gasteiger partial charge in [0.15, 0.2) is 16.6 Å². The third-order valence-corrected chi connectivity index (χ3v) is 5.37. The van der Waals surface area contributed by atoms with Crippen molar-refractivity contribution >= 4 is 16.5 Å². The number of methoxy groups -OCH3 is 1. The topological polar surface area (TPSA) is 63.6 Å². The van der Waals surface area contributed by atoms with Crippen molar-refractivity contribution in [3.63, 3.8) is 0 Å². The zero-order valence-corrected chi connectivity index (χ0v) is 16.4. The second-order valence-electron chi connectivity index (χ2n) is 7.23. The Bertz CT molecular complexity index is 981. The number of nitrogens with one attached hydrogen (secondary N) is 1.